The molecule has 2 nitrogen and oxygen atoms in total. The molecule has 0 amide bonds. The van der Waals surface area contributed by atoms with E-state index in [0.717, 1.165) is 24.6 Å². The molecule has 2 N–H and O–H groups in total. The van der Waals surface area contributed by atoms with Crippen LogP contribution >= 0.6 is 0 Å². The molecule has 0 aliphatic carbocycles. The Morgan fingerprint density at radius 2 is 2.05 bits per heavy atom. The molecular formula is C15H21F3N2. The molecule has 0 saturated carbocycles. The molecule has 112 valence electrons. The van der Waals surface area contributed by atoms with Gasteiger partial charge in [0.1, 0.15) is 0 Å². The third kappa shape index (κ3) is 2.99. The molecule has 2 atom stereocenters. The fourth-order valence-electron chi connectivity index (χ4n) is 3.07. The van der Waals surface area contributed by atoms with Gasteiger partial charge >= 0.3 is 6.18 Å². The van der Waals surface area contributed by atoms with Crippen LogP contribution in [0.25, 0.3) is 0 Å². The van der Waals surface area contributed by atoms with Crippen LogP contribution in [0.2, 0.25) is 0 Å². The summed E-state index contributed by atoms with van der Waals surface area (Å²) in [6.45, 7) is 5.53. The average molecular weight is 286 g/mol. The molecule has 2 rings (SSSR count). The van der Waals surface area contributed by atoms with Crippen molar-refractivity contribution in [3.05, 3.63) is 35.4 Å². The second-order valence-corrected chi connectivity index (χ2v) is 5.68. The molecule has 2 unspecified atom stereocenters. The fraction of sp³-hybridized carbons (Fsp3) is 0.600. The first-order valence-corrected chi connectivity index (χ1v) is 6.97. The highest BCUT2D eigenvalue weighted by Crippen LogP contribution is 2.40. The van der Waals surface area contributed by atoms with Gasteiger partial charge in [0.15, 0.2) is 0 Å². The molecule has 1 heterocycles. The zero-order valence-corrected chi connectivity index (χ0v) is 11.8. The Kier molecular flexibility index (Phi) is 4.39. The maximum atomic E-state index is 12.9. The number of likely N-dealkylation sites (tertiary alicyclic amines) is 1. The number of halogens is 3. The van der Waals surface area contributed by atoms with Crippen LogP contribution in [0.4, 0.5) is 13.2 Å². The summed E-state index contributed by atoms with van der Waals surface area (Å²) in [5, 5.41) is 0. The molecule has 1 aromatic rings. The smallest absolute Gasteiger partial charge is 0.330 e. The van der Waals surface area contributed by atoms with E-state index in [-0.39, 0.29) is 12.0 Å². The number of rotatable bonds is 3. The van der Waals surface area contributed by atoms with Gasteiger partial charge in [-0.05, 0) is 57.0 Å². The van der Waals surface area contributed by atoms with E-state index >= 15 is 0 Å². The highest BCUT2D eigenvalue weighted by molar-refractivity contribution is 5.29. The van der Waals surface area contributed by atoms with Crippen molar-refractivity contribution in [2.24, 2.45) is 11.7 Å². The van der Waals surface area contributed by atoms with Gasteiger partial charge < -0.3 is 5.73 Å². The van der Waals surface area contributed by atoms with Crippen molar-refractivity contribution in [2.45, 2.75) is 38.5 Å². The van der Waals surface area contributed by atoms with E-state index in [1.54, 1.807) is 6.07 Å². The Bertz CT molecular complexity index is 457. The van der Waals surface area contributed by atoms with Crippen molar-refractivity contribution in [2.75, 3.05) is 13.1 Å². The van der Waals surface area contributed by atoms with Gasteiger partial charge in [0, 0.05) is 12.1 Å². The van der Waals surface area contributed by atoms with Crippen molar-refractivity contribution in [3.8, 4) is 0 Å². The van der Waals surface area contributed by atoms with Crippen molar-refractivity contribution in [1.82, 2.24) is 4.90 Å². The number of nitrogens with two attached hydrogens (primary N) is 1. The molecule has 1 fully saturated rings. The standard InChI is InChI=1S/C15H21F3N2/c1-10(2)20-7-6-12(9-19)14(20)11-4-3-5-13(8-11)15(16,17)18/h3-5,8,10,12,14H,6-7,9,19H2,1-2H3. The van der Waals surface area contributed by atoms with E-state index in [9.17, 15) is 13.2 Å². The van der Waals surface area contributed by atoms with Gasteiger partial charge in [0.2, 0.25) is 0 Å². The molecule has 0 bridgehead atoms. The molecule has 0 spiro atoms. The molecule has 0 aromatic heterocycles. The summed E-state index contributed by atoms with van der Waals surface area (Å²) in [5.74, 6) is 0.223. The van der Waals surface area contributed by atoms with Gasteiger partial charge in [-0.3, -0.25) is 4.90 Å². The summed E-state index contributed by atoms with van der Waals surface area (Å²) < 4.78 is 38.6. The maximum Gasteiger partial charge on any atom is 0.416 e. The normalized spacial score (nSPS) is 24.6. The molecular weight excluding hydrogens is 265 g/mol. The first-order valence-electron chi connectivity index (χ1n) is 6.97. The third-order valence-corrected chi connectivity index (χ3v) is 4.08. The summed E-state index contributed by atoms with van der Waals surface area (Å²) in [5.41, 5.74) is 5.94. The number of nitrogens with zero attached hydrogens (tertiary/aromatic N) is 1. The zero-order chi connectivity index (χ0) is 14.9. The average Bonchev–Trinajstić information content (AvgIpc) is 2.81. The highest BCUT2D eigenvalue weighted by Gasteiger charge is 2.37. The van der Waals surface area contributed by atoms with Crippen molar-refractivity contribution in [3.63, 3.8) is 0 Å². The van der Waals surface area contributed by atoms with E-state index in [1.165, 1.54) is 12.1 Å². The minimum atomic E-state index is -4.30. The summed E-state index contributed by atoms with van der Waals surface area (Å²) in [6, 6.07) is 5.95. The Morgan fingerprint density at radius 3 is 2.60 bits per heavy atom. The summed E-state index contributed by atoms with van der Waals surface area (Å²) in [4.78, 5) is 2.24. The number of benzene rings is 1. The van der Waals surface area contributed by atoms with Crippen LogP contribution in [-0.2, 0) is 6.18 Å². The SMILES string of the molecule is CC(C)N1CCC(CN)C1c1cccc(C(F)(F)F)c1. The van der Waals surface area contributed by atoms with E-state index in [0.29, 0.717) is 12.6 Å². The van der Waals surface area contributed by atoms with Gasteiger partial charge in [0.05, 0.1) is 5.56 Å². The predicted octanol–water partition coefficient (Wildman–Crippen LogP) is 3.44. The number of alkyl halides is 3. The fourth-order valence-corrected chi connectivity index (χ4v) is 3.07. The lowest BCUT2D eigenvalue weighted by molar-refractivity contribution is -0.137. The summed E-state index contributed by atoms with van der Waals surface area (Å²) in [6.07, 6.45) is -3.36. The second-order valence-electron chi connectivity index (χ2n) is 5.68. The van der Waals surface area contributed by atoms with Gasteiger partial charge in [-0.1, -0.05) is 12.1 Å². The lowest BCUT2D eigenvalue weighted by Gasteiger charge is -2.31. The van der Waals surface area contributed by atoms with Crippen molar-refractivity contribution < 1.29 is 13.2 Å². The van der Waals surface area contributed by atoms with Crippen molar-refractivity contribution in [1.29, 1.82) is 0 Å². The Balaban J connectivity index is 2.37. The Hall–Kier alpha value is -1.07. The molecule has 1 saturated heterocycles. The number of hydrogen-bond acceptors (Lipinski definition) is 2. The maximum absolute atomic E-state index is 12.9. The first-order chi connectivity index (χ1) is 9.34. The van der Waals surface area contributed by atoms with Crippen molar-refractivity contribution >= 4 is 0 Å². The van der Waals surface area contributed by atoms with Crippen LogP contribution < -0.4 is 5.73 Å². The zero-order valence-electron chi connectivity index (χ0n) is 11.8. The monoisotopic (exact) mass is 286 g/mol. The quantitative estimate of drug-likeness (QED) is 0.922. The van der Waals surface area contributed by atoms with Crippen LogP contribution in [0.3, 0.4) is 0 Å². The number of hydrogen-bond donors (Lipinski definition) is 1. The molecule has 0 radical (unpaired) electrons. The molecule has 20 heavy (non-hydrogen) atoms. The minimum Gasteiger partial charge on any atom is -0.330 e. The van der Waals surface area contributed by atoms with Gasteiger partial charge in [-0.15, -0.1) is 0 Å². The minimum absolute atomic E-state index is 0.0118. The first kappa shape index (κ1) is 15.3. The molecule has 5 heteroatoms. The molecule has 1 aliphatic heterocycles. The van der Waals surface area contributed by atoms with Gasteiger partial charge in [-0.2, -0.15) is 13.2 Å². The predicted molar refractivity (Wildman–Crippen MR) is 73.2 cm³/mol. The van der Waals surface area contributed by atoms with Crippen LogP contribution in [-0.4, -0.2) is 24.0 Å². The summed E-state index contributed by atoms with van der Waals surface area (Å²) in [7, 11) is 0. The third-order valence-electron chi connectivity index (χ3n) is 4.08. The lowest BCUT2D eigenvalue weighted by atomic mass is 9.92. The molecule has 1 aromatic carbocycles. The van der Waals surface area contributed by atoms with E-state index in [1.807, 2.05) is 0 Å². The van der Waals surface area contributed by atoms with Crippen LogP contribution in [0.15, 0.2) is 24.3 Å². The van der Waals surface area contributed by atoms with E-state index < -0.39 is 11.7 Å². The lowest BCUT2D eigenvalue weighted by Crippen LogP contribution is -2.33. The van der Waals surface area contributed by atoms with Crippen LogP contribution in [0, 0.1) is 5.92 Å². The van der Waals surface area contributed by atoms with Crippen LogP contribution in [0.5, 0.6) is 0 Å². The Labute approximate surface area is 117 Å². The Morgan fingerprint density at radius 1 is 1.35 bits per heavy atom. The van der Waals surface area contributed by atoms with Gasteiger partial charge in [0.25, 0.3) is 0 Å². The largest absolute Gasteiger partial charge is 0.416 e. The highest BCUT2D eigenvalue weighted by atomic mass is 19.4. The van der Waals surface area contributed by atoms with Gasteiger partial charge in [-0.25, -0.2) is 0 Å². The topological polar surface area (TPSA) is 29.3 Å². The van der Waals surface area contributed by atoms with E-state index in [4.69, 9.17) is 5.73 Å². The van der Waals surface area contributed by atoms with Crippen LogP contribution in [0.1, 0.15) is 37.4 Å². The van der Waals surface area contributed by atoms with E-state index in [2.05, 4.69) is 18.7 Å². The molecule has 1 aliphatic rings. The second kappa shape index (κ2) is 5.74. The summed E-state index contributed by atoms with van der Waals surface area (Å²) >= 11 is 0.